The van der Waals surface area contributed by atoms with Gasteiger partial charge in [0.15, 0.2) is 5.96 Å². The van der Waals surface area contributed by atoms with Crippen LogP contribution in [0.1, 0.15) is 30.0 Å². The van der Waals surface area contributed by atoms with Crippen LogP contribution in [0.15, 0.2) is 35.8 Å². The summed E-state index contributed by atoms with van der Waals surface area (Å²) in [6, 6.07) is 4.76. The molecule has 2 aromatic heterocycles. The predicted octanol–water partition coefficient (Wildman–Crippen LogP) is 2.83. The molecule has 0 radical (unpaired) electrons. The summed E-state index contributed by atoms with van der Waals surface area (Å²) in [5.74, 6) is 0.902. The van der Waals surface area contributed by atoms with Crippen LogP contribution in [0.4, 0.5) is 0 Å². The van der Waals surface area contributed by atoms with Gasteiger partial charge in [0.25, 0.3) is 0 Å². The highest BCUT2D eigenvalue weighted by Gasteiger charge is 2.07. The Kier molecular flexibility index (Phi) is 7.13. The third-order valence-corrected chi connectivity index (χ3v) is 4.46. The minimum Gasteiger partial charge on any atom is -0.357 e. The minimum absolute atomic E-state index is 0.361. The smallest absolute Gasteiger partial charge is 0.191 e. The maximum Gasteiger partial charge on any atom is 0.191 e. The number of imidazole rings is 1. The third-order valence-electron chi connectivity index (χ3n) is 3.43. The van der Waals surface area contributed by atoms with Gasteiger partial charge >= 0.3 is 0 Å². The molecule has 2 N–H and O–H groups in total. The van der Waals surface area contributed by atoms with Crippen LogP contribution in [-0.2, 0) is 13.0 Å². The van der Waals surface area contributed by atoms with E-state index in [1.807, 2.05) is 30.1 Å². The molecule has 1 atom stereocenters. The lowest BCUT2D eigenvalue weighted by molar-refractivity contribution is 0.629. The molecule has 0 fully saturated rings. The van der Waals surface area contributed by atoms with Crippen molar-refractivity contribution in [2.45, 2.75) is 46.2 Å². The van der Waals surface area contributed by atoms with Crippen LogP contribution < -0.4 is 10.6 Å². The predicted molar refractivity (Wildman–Crippen MR) is 98.2 cm³/mol. The monoisotopic (exact) mass is 333 g/mol. The molecule has 2 rings (SSSR count). The van der Waals surface area contributed by atoms with Gasteiger partial charge in [0.05, 0.1) is 6.33 Å². The van der Waals surface area contributed by atoms with Crippen molar-refractivity contribution in [2.24, 2.45) is 4.99 Å². The zero-order valence-electron chi connectivity index (χ0n) is 14.2. The molecule has 0 saturated carbocycles. The van der Waals surface area contributed by atoms with Crippen LogP contribution in [0.3, 0.4) is 0 Å². The SMILES string of the molecule is CCNC(=NCCCn1ccnc1)NC(C)Cc1ccc(C)s1. The van der Waals surface area contributed by atoms with Gasteiger partial charge in [-0.3, -0.25) is 4.99 Å². The van der Waals surface area contributed by atoms with E-state index in [9.17, 15) is 0 Å². The topological polar surface area (TPSA) is 54.2 Å². The van der Waals surface area contributed by atoms with Gasteiger partial charge in [-0.2, -0.15) is 0 Å². The molecule has 0 amide bonds. The number of guanidine groups is 1. The minimum atomic E-state index is 0.361. The molecule has 126 valence electrons. The molecule has 0 bridgehead atoms. The molecular formula is C17H27N5S. The van der Waals surface area contributed by atoms with Gasteiger partial charge in [-0.1, -0.05) is 0 Å². The van der Waals surface area contributed by atoms with Crippen LogP contribution >= 0.6 is 11.3 Å². The lowest BCUT2D eigenvalue weighted by atomic mass is 10.2. The molecule has 0 spiro atoms. The van der Waals surface area contributed by atoms with Crippen molar-refractivity contribution in [3.63, 3.8) is 0 Å². The Morgan fingerprint density at radius 2 is 2.30 bits per heavy atom. The zero-order chi connectivity index (χ0) is 16.5. The summed E-state index contributed by atoms with van der Waals surface area (Å²) < 4.78 is 2.08. The summed E-state index contributed by atoms with van der Waals surface area (Å²) >= 11 is 1.87. The van der Waals surface area contributed by atoms with Crippen LogP contribution in [-0.4, -0.2) is 34.6 Å². The number of thiophene rings is 1. The van der Waals surface area contributed by atoms with E-state index in [1.165, 1.54) is 9.75 Å². The maximum absolute atomic E-state index is 4.66. The molecule has 0 aliphatic heterocycles. The lowest BCUT2D eigenvalue weighted by Gasteiger charge is -2.17. The summed E-state index contributed by atoms with van der Waals surface area (Å²) in [7, 11) is 0. The normalized spacial score (nSPS) is 13.1. The van der Waals surface area contributed by atoms with E-state index in [0.717, 1.165) is 38.4 Å². The van der Waals surface area contributed by atoms with E-state index in [0.29, 0.717) is 6.04 Å². The first-order valence-corrected chi connectivity index (χ1v) is 9.05. The van der Waals surface area contributed by atoms with Crippen LogP contribution in [0.2, 0.25) is 0 Å². The van der Waals surface area contributed by atoms with Crippen molar-refractivity contribution in [3.8, 4) is 0 Å². The second kappa shape index (κ2) is 9.35. The molecule has 0 aromatic carbocycles. The van der Waals surface area contributed by atoms with E-state index in [-0.39, 0.29) is 0 Å². The number of nitrogens with zero attached hydrogens (tertiary/aromatic N) is 3. The zero-order valence-corrected chi connectivity index (χ0v) is 15.1. The highest BCUT2D eigenvalue weighted by Crippen LogP contribution is 2.16. The first-order valence-electron chi connectivity index (χ1n) is 8.23. The Labute approximate surface area is 142 Å². The van der Waals surface area contributed by atoms with E-state index < -0.39 is 0 Å². The van der Waals surface area contributed by atoms with Gasteiger partial charge in [0.2, 0.25) is 0 Å². The van der Waals surface area contributed by atoms with Gasteiger partial charge in [-0.05, 0) is 39.3 Å². The van der Waals surface area contributed by atoms with Gasteiger partial charge < -0.3 is 15.2 Å². The van der Waals surface area contributed by atoms with Crippen LogP contribution in [0.25, 0.3) is 0 Å². The lowest BCUT2D eigenvalue weighted by Crippen LogP contribution is -2.43. The van der Waals surface area contributed by atoms with Crippen molar-refractivity contribution >= 4 is 17.3 Å². The van der Waals surface area contributed by atoms with Gasteiger partial charge in [0.1, 0.15) is 0 Å². The van der Waals surface area contributed by atoms with Gasteiger partial charge in [-0.15, -0.1) is 11.3 Å². The number of aryl methyl sites for hydroxylation is 2. The highest BCUT2D eigenvalue weighted by atomic mass is 32.1. The number of aromatic nitrogens is 2. The Balaban J connectivity index is 1.78. The van der Waals surface area contributed by atoms with Crippen molar-refractivity contribution in [1.29, 1.82) is 0 Å². The average Bonchev–Trinajstić information content (AvgIpc) is 3.15. The van der Waals surface area contributed by atoms with Crippen LogP contribution in [0.5, 0.6) is 0 Å². The standard InChI is InChI=1S/C17H27N5S/c1-4-19-17(20-8-5-10-22-11-9-18-13-22)21-14(2)12-16-7-6-15(3)23-16/h6-7,9,11,13-14H,4-5,8,10,12H2,1-3H3,(H2,19,20,21). The molecule has 2 aromatic rings. The fraction of sp³-hybridized carbons (Fsp3) is 0.529. The molecule has 0 saturated heterocycles. The molecule has 5 nitrogen and oxygen atoms in total. The number of rotatable bonds is 8. The molecule has 1 unspecified atom stereocenters. The number of aliphatic imine (C=N–C) groups is 1. The summed E-state index contributed by atoms with van der Waals surface area (Å²) in [4.78, 5) is 11.5. The molecular weight excluding hydrogens is 306 g/mol. The summed E-state index contributed by atoms with van der Waals surface area (Å²) in [5, 5.41) is 6.82. The van der Waals surface area contributed by atoms with E-state index in [4.69, 9.17) is 0 Å². The Hall–Kier alpha value is -1.82. The molecule has 6 heteroatoms. The highest BCUT2D eigenvalue weighted by molar-refractivity contribution is 7.11. The van der Waals surface area contributed by atoms with Gasteiger partial charge in [-0.25, -0.2) is 4.98 Å². The average molecular weight is 334 g/mol. The molecule has 23 heavy (non-hydrogen) atoms. The van der Waals surface area contributed by atoms with Crippen LogP contribution in [0, 0.1) is 6.92 Å². The fourth-order valence-electron chi connectivity index (χ4n) is 2.36. The maximum atomic E-state index is 4.66. The summed E-state index contributed by atoms with van der Waals surface area (Å²) in [5.41, 5.74) is 0. The first kappa shape index (κ1) is 17.5. The second-order valence-electron chi connectivity index (χ2n) is 5.68. The largest absolute Gasteiger partial charge is 0.357 e. The molecule has 2 heterocycles. The third kappa shape index (κ3) is 6.44. The quantitative estimate of drug-likeness (QED) is 0.444. The van der Waals surface area contributed by atoms with E-state index in [1.54, 1.807) is 0 Å². The van der Waals surface area contributed by atoms with Crippen molar-refractivity contribution in [2.75, 3.05) is 13.1 Å². The van der Waals surface area contributed by atoms with E-state index in [2.05, 4.69) is 58.1 Å². The van der Waals surface area contributed by atoms with Gasteiger partial charge in [0, 0.05) is 54.2 Å². The van der Waals surface area contributed by atoms with Crippen molar-refractivity contribution < 1.29 is 0 Å². The summed E-state index contributed by atoms with van der Waals surface area (Å²) in [6.45, 7) is 9.07. The summed E-state index contributed by atoms with van der Waals surface area (Å²) in [6.07, 6.45) is 7.67. The second-order valence-corrected chi connectivity index (χ2v) is 7.05. The van der Waals surface area contributed by atoms with Crippen molar-refractivity contribution in [3.05, 3.63) is 40.6 Å². The van der Waals surface area contributed by atoms with E-state index >= 15 is 0 Å². The van der Waals surface area contributed by atoms with Crippen molar-refractivity contribution in [1.82, 2.24) is 20.2 Å². The number of hydrogen-bond acceptors (Lipinski definition) is 3. The Morgan fingerprint density at radius 1 is 1.43 bits per heavy atom. The Morgan fingerprint density at radius 3 is 2.96 bits per heavy atom. The molecule has 0 aliphatic rings. The number of hydrogen-bond donors (Lipinski definition) is 2. The first-order chi connectivity index (χ1) is 11.2. The fourth-order valence-corrected chi connectivity index (χ4v) is 3.38. The number of nitrogens with one attached hydrogen (secondary N) is 2. The Bertz CT molecular complexity index is 588. The molecule has 0 aliphatic carbocycles.